The van der Waals surface area contributed by atoms with E-state index in [1.165, 1.54) is 0 Å². The number of hydrogen-bond acceptors (Lipinski definition) is 3. The van der Waals surface area contributed by atoms with Crippen LogP contribution in [0.4, 0.5) is 5.69 Å². The topological polar surface area (TPSA) is 56.1 Å². The zero-order valence-corrected chi connectivity index (χ0v) is 13.8. The van der Waals surface area contributed by atoms with Crippen molar-refractivity contribution in [2.75, 3.05) is 12.4 Å². The van der Waals surface area contributed by atoms with Crippen LogP contribution in [0.25, 0.3) is 0 Å². The van der Waals surface area contributed by atoms with Crippen molar-refractivity contribution in [3.05, 3.63) is 77.1 Å². The van der Waals surface area contributed by atoms with Gasteiger partial charge in [-0.15, -0.1) is 0 Å². The van der Waals surface area contributed by atoms with E-state index in [2.05, 4.69) is 10.4 Å². The molecule has 0 aliphatic rings. The molecule has 0 radical (unpaired) electrons. The lowest BCUT2D eigenvalue weighted by atomic mass is 10.2. The lowest BCUT2D eigenvalue weighted by Gasteiger charge is -2.04. The van der Waals surface area contributed by atoms with E-state index in [9.17, 15) is 4.79 Å². The Labute approximate surface area is 144 Å². The minimum absolute atomic E-state index is 0.191. The van der Waals surface area contributed by atoms with Gasteiger partial charge in [-0.2, -0.15) is 5.10 Å². The molecule has 1 N–H and O–H groups in total. The standard InChI is InChI=1S/C18H16ClN3O2/c1-24-17-8-4-14(5-9-17)18(23)21-16-10-20-22(12-16)11-13-2-6-15(19)7-3-13/h2-10,12H,11H2,1H3,(H,21,23). The van der Waals surface area contributed by atoms with Crippen molar-refractivity contribution in [3.63, 3.8) is 0 Å². The third kappa shape index (κ3) is 3.94. The number of carbonyl (C=O) groups is 1. The van der Waals surface area contributed by atoms with Crippen molar-refractivity contribution in [1.29, 1.82) is 0 Å². The van der Waals surface area contributed by atoms with Crippen LogP contribution in [0.2, 0.25) is 5.02 Å². The fourth-order valence-corrected chi connectivity index (χ4v) is 2.36. The highest BCUT2D eigenvalue weighted by Gasteiger charge is 2.08. The number of halogens is 1. The number of amides is 1. The number of nitrogens with zero attached hydrogens (tertiary/aromatic N) is 2. The van der Waals surface area contributed by atoms with Gasteiger partial charge in [-0.05, 0) is 42.0 Å². The molecule has 0 unspecified atom stereocenters. The summed E-state index contributed by atoms with van der Waals surface area (Å²) in [6, 6.07) is 14.5. The summed E-state index contributed by atoms with van der Waals surface area (Å²) in [5.74, 6) is 0.519. The highest BCUT2D eigenvalue weighted by atomic mass is 35.5. The number of rotatable bonds is 5. The van der Waals surface area contributed by atoms with Crippen LogP contribution in [-0.2, 0) is 6.54 Å². The number of benzene rings is 2. The molecule has 0 fully saturated rings. The van der Waals surface area contributed by atoms with Crippen LogP contribution >= 0.6 is 11.6 Å². The van der Waals surface area contributed by atoms with E-state index in [0.29, 0.717) is 28.6 Å². The van der Waals surface area contributed by atoms with Crippen molar-refractivity contribution in [1.82, 2.24) is 9.78 Å². The third-order valence-electron chi connectivity index (χ3n) is 3.50. The van der Waals surface area contributed by atoms with E-state index in [-0.39, 0.29) is 5.91 Å². The van der Waals surface area contributed by atoms with Gasteiger partial charge in [-0.25, -0.2) is 0 Å². The molecule has 24 heavy (non-hydrogen) atoms. The first-order chi connectivity index (χ1) is 11.6. The molecule has 0 saturated heterocycles. The van der Waals surface area contributed by atoms with Crippen LogP contribution in [0.3, 0.4) is 0 Å². The molecule has 122 valence electrons. The van der Waals surface area contributed by atoms with Crippen LogP contribution in [0.5, 0.6) is 5.75 Å². The van der Waals surface area contributed by atoms with Gasteiger partial charge in [0.1, 0.15) is 5.75 Å². The Morgan fingerprint density at radius 3 is 2.54 bits per heavy atom. The van der Waals surface area contributed by atoms with Crippen molar-refractivity contribution >= 4 is 23.2 Å². The summed E-state index contributed by atoms with van der Waals surface area (Å²) >= 11 is 5.88. The Balaban J connectivity index is 1.64. The summed E-state index contributed by atoms with van der Waals surface area (Å²) in [5, 5.41) is 7.78. The predicted octanol–water partition coefficient (Wildman–Crippen LogP) is 3.85. The first-order valence-corrected chi connectivity index (χ1v) is 7.74. The average Bonchev–Trinajstić information content (AvgIpc) is 3.04. The van der Waals surface area contributed by atoms with E-state index in [4.69, 9.17) is 16.3 Å². The lowest BCUT2D eigenvalue weighted by Crippen LogP contribution is -2.11. The fourth-order valence-electron chi connectivity index (χ4n) is 2.24. The van der Waals surface area contributed by atoms with Gasteiger partial charge in [-0.3, -0.25) is 9.48 Å². The van der Waals surface area contributed by atoms with Gasteiger partial charge in [-0.1, -0.05) is 23.7 Å². The molecule has 1 aromatic heterocycles. The van der Waals surface area contributed by atoms with Crippen LogP contribution in [0.1, 0.15) is 15.9 Å². The van der Waals surface area contributed by atoms with E-state index >= 15 is 0 Å². The molecule has 1 heterocycles. The first-order valence-electron chi connectivity index (χ1n) is 7.36. The summed E-state index contributed by atoms with van der Waals surface area (Å²) in [6.07, 6.45) is 3.41. The zero-order chi connectivity index (χ0) is 16.9. The molecule has 3 rings (SSSR count). The Morgan fingerprint density at radius 1 is 1.17 bits per heavy atom. The van der Waals surface area contributed by atoms with Crippen LogP contribution < -0.4 is 10.1 Å². The highest BCUT2D eigenvalue weighted by molar-refractivity contribution is 6.30. The second-order valence-corrected chi connectivity index (χ2v) is 5.67. The molecule has 0 spiro atoms. The number of nitrogens with one attached hydrogen (secondary N) is 1. The highest BCUT2D eigenvalue weighted by Crippen LogP contribution is 2.15. The maximum atomic E-state index is 12.2. The largest absolute Gasteiger partial charge is 0.497 e. The monoisotopic (exact) mass is 341 g/mol. The molecule has 0 atom stereocenters. The van der Waals surface area contributed by atoms with Gasteiger partial charge >= 0.3 is 0 Å². The Hall–Kier alpha value is -2.79. The summed E-state index contributed by atoms with van der Waals surface area (Å²) in [5.41, 5.74) is 2.28. The molecule has 0 aliphatic carbocycles. The normalized spacial score (nSPS) is 10.4. The van der Waals surface area contributed by atoms with E-state index < -0.39 is 0 Å². The van der Waals surface area contributed by atoms with Crippen LogP contribution in [-0.4, -0.2) is 22.8 Å². The van der Waals surface area contributed by atoms with E-state index in [1.807, 2.05) is 24.3 Å². The number of hydrogen-bond donors (Lipinski definition) is 1. The lowest BCUT2D eigenvalue weighted by molar-refractivity contribution is 0.102. The van der Waals surface area contributed by atoms with Gasteiger partial charge in [0.15, 0.2) is 0 Å². The number of ether oxygens (including phenoxy) is 1. The summed E-state index contributed by atoms with van der Waals surface area (Å²) in [7, 11) is 1.59. The van der Waals surface area contributed by atoms with Gasteiger partial charge in [0.2, 0.25) is 0 Å². The van der Waals surface area contributed by atoms with Crippen molar-refractivity contribution in [3.8, 4) is 5.75 Å². The zero-order valence-electron chi connectivity index (χ0n) is 13.1. The van der Waals surface area contributed by atoms with E-state index in [0.717, 1.165) is 5.56 Å². The average molecular weight is 342 g/mol. The van der Waals surface area contributed by atoms with Gasteiger partial charge in [0.25, 0.3) is 5.91 Å². The maximum absolute atomic E-state index is 12.2. The van der Waals surface area contributed by atoms with Gasteiger partial charge < -0.3 is 10.1 Å². The van der Waals surface area contributed by atoms with Crippen LogP contribution in [0, 0.1) is 0 Å². The molecule has 2 aromatic carbocycles. The molecule has 0 saturated carbocycles. The van der Waals surface area contributed by atoms with Crippen LogP contribution in [0.15, 0.2) is 60.9 Å². The third-order valence-corrected chi connectivity index (χ3v) is 3.75. The number of carbonyl (C=O) groups excluding carboxylic acids is 1. The predicted molar refractivity (Wildman–Crippen MR) is 93.7 cm³/mol. The molecular formula is C18H16ClN3O2. The summed E-state index contributed by atoms with van der Waals surface area (Å²) in [6.45, 7) is 0.607. The van der Waals surface area contributed by atoms with Crippen molar-refractivity contribution in [2.24, 2.45) is 0 Å². The number of anilines is 1. The second kappa shape index (κ2) is 7.19. The SMILES string of the molecule is COc1ccc(C(=O)Nc2cnn(Cc3ccc(Cl)cc3)c2)cc1. The number of aromatic nitrogens is 2. The minimum atomic E-state index is -0.191. The molecular weight excluding hydrogens is 326 g/mol. The smallest absolute Gasteiger partial charge is 0.255 e. The Morgan fingerprint density at radius 2 is 1.88 bits per heavy atom. The Kier molecular flexibility index (Phi) is 4.82. The summed E-state index contributed by atoms with van der Waals surface area (Å²) < 4.78 is 6.84. The van der Waals surface area contributed by atoms with Crippen molar-refractivity contribution in [2.45, 2.75) is 6.54 Å². The molecule has 3 aromatic rings. The summed E-state index contributed by atoms with van der Waals surface area (Å²) in [4.78, 5) is 12.2. The Bertz CT molecular complexity index is 826. The van der Waals surface area contributed by atoms with Gasteiger partial charge in [0, 0.05) is 16.8 Å². The maximum Gasteiger partial charge on any atom is 0.255 e. The quantitative estimate of drug-likeness (QED) is 0.767. The van der Waals surface area contributed by atoms with Crippen molar-refractivity contribution < 1.29 is 9.53 Å². The molecule has 5 nitrogen and oxygen atoms in total. The molecule has 1 amide bonds. The van der Waals surface area contributed by atoms with Gasteiger partial charge in [0.05, 0.1) is 25.5 Å². The first kappa shape index (κ1) is 16.1. The number of methoxy groups -OCH3 is 1. The minimum Gasteiger partial charge on any atom is -0.497 e. The molecule has 6 heteroatoms. The fraction of sp³-hybridized carbons (Fsp3) is 0.111. The second-order valence-electron chi connectivity index (χ2n) is 5.24. The van der Waals surface area contributed by atoms with E-state index in [1.54, 1.807) is 48.5 Å². The molecule has 0 bridgehead atoms. The molecule has 0 aliphatic heterocycles.